The number of hydrogen-bond acceptors (Lipinski definition) is 3. The number of fused-ring (bicyclic) bond motifs is 5. The highest BCUT2D eigenvalue weighted by Crippen LogP contribution is 2.49. The molecule has 2 aromatic carbocycles. The van der Waals surface area contributed by atoms with Gasteiger partial charge in [0.2, 0.25) is 0 Å². The average Bonchev–Trinajstić information content (AvgIpc) is 3.03. The van der Waals surface area contributed by atoms with Gasteiger partial charge in [-0.3, -0.25) is 14.7 Å². The fourth-order valence-corrected chi connectivity index (χ4v) is 4.15. The molecular formula is C22H18N2O2. The Kier molecular flexibility index (Phi) is 3.24. The summed E-state index contributed by atoms with van der Waals surface area (Å²) in [4.78, 5) is 20.1. The lowest BCUT2D eigenvalue weighted by Crippen LogP contribution is -2.44. The van der Waals surface area contributed by atoms with E-state index in [0.717, 1.165) is 22.4 Å². The monoisotopic (exact) mass is 342 g/mol. The van der Waals surface area contributed by atoms with E-state index >= 15 is 0 Å². The van der Waals surface area contributed by atoms with Crippen LogP contribution >= 0.6 is 0 Å². The Balaban J connectivity index is 1.78. The maximum absolute atomic E-state index is 13.6. The zero-order valence-corrected chi connectivity index (χ0v) is 14.4. The van der Waals surface area contributed by atoms with E-state index in [1.807, 2.05) is 78.6 Å². The fraction of sp³-hybridized carbons (Fsp3) is 0.182. The molecule has 0 spiro atoms. The van der Waals surface area contributed by atoms with Gasteiger partial charge in [0.05, 0.1) is 18.3 Å². The Morgan fingerprint density at radius 1 is 1.00 bits per heavy atom. The molecule has 4 heteroatoms. The second-order valence-corrected chi connectivity index (χ2v) is 6.84. The minimum absolute atomic E-state index is 0.0209. The molecule has 2 aliphatic rings. The van der Waals surface area contributed by atoms with Gasteiger partial charge in [-0.1, -0.05) is 54.6 Å². The van der Waals surface area contributed by atoms with Crippen LogP contribution in [0.2, 0.25) is 0 Å². The van der Waals surface area contributed by atoms with Gasteiger partial charge in [-0.25, -0.2) is 0 Å². The van der Waals surface area contributed by atoms with Gasteiger partial charge in [0.15, 0.2) is 5.72 Å². The van der Waals surface area contributed by atoms with Crippen LogP contribution in [0.1, 0.15) is 34.5 Å². The topological polar surface area (TPSA) is 42.4 Å². The van der Waals surface area contributed by atoms with E-state index in [4.69, 9.17) is 4.74 Å². The molecule has 1 saturated heterocycles. The van der Waals surface area contributed by atoms with E-state index in [2.05, 4.69) is 4.98 Å². The maximum Gasteiger partial charge on any atom is 0.257 e. The first-order valence-electron chi connectivity index (χ1n) is 8.77. The van der Waals surface area contributed by atoms with Crippen LogP contribution in [0.5, 0.6) is 0 Å². The van der Waals surface area contributed by atoms with Crippen molar-refractivity contribution in [3.05, 3.63) is 89.6 Å². The molecule has 1 fully saturated rings. The van der Waals surface area contributed by atoms with Crippen molar-refractivity contribution < 1.29 is 9.53 Å². The fourth-order valence-electron chi connectivity index (χ4n) is 4.15. The molecule has 4 nitrogen and oxygen atoms in total. The van der Waals surface area contributed by atoms with Crippen LogP contribution in [0.4, 0.5) is 0 Å². The van der Waals surface area contributed by atoms with Crippen molar-refractivity contribution in [1.29, 1.82) is 0 Å². The van der Waals surface area contributed by atoms with Crippen molar-refractivity contribution in [3.63, 3.8) is 0 Å². The van der Waals surface area contributed by atoms with Gasteiger partial charge in [0.1, 0.15) is 0 Å². The van der Waals surface area contributed by atoms with Crippen LogP contribution in [-0.2, 0) is 10.5 Å². The van der Waals surface area contributed by atoms with Crippen LogP contribution in [0.3, 0.4) is 0 Å². The third-order valence-electron chi connectivity index (χ3n) is 5.42. The van der Waals surface area contributed by atoms with E-state index in [9.17, 15) is 4.79 Å². The minimum atomic E-state index is -0.847. The highest BCUT2D eigenvalue weighted by molar-refractivity contribution is 6.03. The van der Waals surface area contributed by atoms with E-state index in [0.29, 0.717) is 12.2 Å². The number of rotatable bonds is 1. The van der Waals surface area contributed by atoms with Gasteiger partial charge in [-0.05, 0) is 24.6 Å². The summed E-state index contributed by atoms with van der Waals surface area (Å²) in [5.74, 6) is -0.0209. The third kappa shape index (κ3) is 1.99. The molecule has 0 aliphatic carbocycles. The predicted molar refractivity (Wildman–Crippen MR) is 98.3 cm³/mol. The Hall–Kier alpha value is -2.98. The van der Waals surface area contributed by atoms with Crippen molar-refractivity contribution in [1.82, 2.24) is 9.88 Å². The van der Waals surface area contributed by atoms with Crippen LogP contribution in [0.15, 0.2) is 72.9 Å². The molecule has 0 N–H and O–H groups in total. The first kappa shape index (κ1) is 15.3. The smallest absolute Gasteiger partial charge is 0.257 e. The minimum Gasteiger partial charge on any atom is -0.349 e. The number of amides is 1. The number of benzene rings is 2. The molecule has 3 aromatic rings. The largest absolute Gasteiger partial charge is 0.349 e. The van der Waals surface area contributed by atoms with Crippen LogP contribution in [0, 0.1) is 0 Å². The van der Waals surface area contributed by atoms with Crippen LogP contribution in [0.25, 0.3) is 11.3 Å². The molecular weight excluding hydrogens is 324 g/mol. The van der Waals surface area contributed by atoms with E-state index in [1.165, 1.54) is 0 Å². The summed E-state index contributed by atoms with van der Waals surface area (Å²) < 4.78 is 6.28. The van der Waals surface area contributed by atoms with Crippen molar-refractivity contribution >= 4 is 5.91 Å². The normalized spacial score (nSPS) is 23.8. The second-order valence-electron chi connectivity index (χ2n) is 6.84. The summed E-state index contributed by atoms with van der Waals surface area (Å²) in [7, 11) is 0. The van der Waals surface area contributed by atoms with Gasteiger partial charge < -0.3 is 4.74 Å². The molecule has 2 aliphatic heterocycles. The number of aromatic nitrogens is 1. The molecule has 0 radical (unpaired) electrons. The Labute approximate surface area is 152 Å². The highest BCUT2D eigenvalue weighted by atomic mass is 16.5. The zero-order chi connectivity index (χ0) is 17.7. The van der Waals surface area contributed by atoms with Gasteiger partial charge in [0.25, 0.3) is 5.91 Å². The number of nitrogens with zero attached hydrogens (tertiary/aromatic N) is 2. The summed E-state index contributed by atoms with van der Waals surface area (Å²) in [6, 6.07) is 21.5. The Morgan fingerprint density at radius 3 is 2.54 bits per heavy atom. The van der Waals surface area contributed by atoms with Gasteiger partial charge >= 0.3 is 0 Å². The SMILES string of the molecule is C[C@@]12OC[C@@H](c3ccccc3)N1C(=O)c1ccccc1-c1ncccc12. The predicted octanol–water partition coefficient (Wildman–Crippen LogP) is 4.15. The number of carbonyl (C=O) groups excluding carboxylic acids is 1. The van der Waals surface area contributed by atoms with Crippen molar-refractivity contribution in [2.24, 2.45) is 0 Å². The molecule has 0 bridgehead atoms. The third-order valence-corrected chi connectivity index (χ3v) is 5.42. The van der Waals surface area contributed by atoms with Gasteiger partial charge in [0, 0.05) is 22.9 Å². The summed E-state index contributed by atoms with van der Waals surface area (Å²) in [6.07, 6.45) is 1.77. The number of carbonyl (C=O) groups is 1. The molecule has 128 valence electrons. The number of pyridine rings is 1. The van der Waals surface area contributed by atoms with E-state index < -0.39 is 5.72 Å². The number of hydrogen-bond donors (Lipinski definition) is 0. The van der Waals surface area contributed by atoms with Crippen LogP contribution < -0.4 is 0 Å². The quantitative estimate of drug-likeness (QED) is 0.667. The van der Waals surface area contributed by atoms with E-state index in [1.54, 1.807) is 6.20 Å². The second kappa shape index (κ2) is 5.51. The summed E-state index contributed by atoms with van der Waals surface area (Å²) in [5, 5.41) is 0. The number of ether oxygens (including phenoxy) is 1. The summed E-state index contributed by atoms with van der Waals surface area (Å²) >= 11 is 0. The maximum atomic E-state index is 13.6. The standard InChI is InChI=1S/C22H18N2O2/c1-22-18-12-7-13-23-20(18)16-10-5-6-11-17(16)21(25)24(22)19(14-26-22)15-8-3-2-4-9-15/h2-13,19H,14H2,1H3/t19-,22-/m0/s1. The van der Waals surface area contributed by atoms with Crippen molar-refractivity contribution in [3.8, 4) is 11.3 Å². The highest BCUT2D eigenvalue weighted by Gasteiger charge is 2.52. The first-order chi connectivity index (χ1) is 12.7. The molecule has 3 heterocycles. The summed E-state index contributed by atoms with van der Waals surface area (Å²) in [5.41, 5.74) is 3.50. The molecule has 5 rings (SSSR count). The zero-order valence-electron chi connectivity index (χ0n) is 14.4. The van der Waals surface area contributed by atoms with Gasteiger partial charge in [-0.2, -0.15) is 0 Å². The first-order valence-corrected chi connectivity index (χ1v) is 8.77. The summed E-state index contributed by atoms with van der Waals surface area (Å²) in [6.45, 7) is 2.43. The lowest BCUT2D eigenvalue weighted by atomic mass is 9.97. The Morgan fingerprint density at radius 2 is 1.73 bits per heavy atom. The Bertz CT molecular complexity index is 1000. The lowest BCUT2D eigenvalue weighted by Gasteiger charge is -2.36. The average molecular weight is 342 g/mol. The lowest BCUT2D eigenvalue weighted by molar-refractivity contribution is -0.0600. The van der Waals surface area contributed by atoms with E-state index in [-0.39, 0.29) is 11.9 Å². The van der Waals surface area contributed by atoms with Crippen molar-refractivity contribution in [2.75, 3.05) is 6.61 Å². The molecule has 1 amide bonds. The molecule has 0 saturated carbocycles. The molecule has 1 aromatic heterocycles. The molecule has 0 unspecified atom stereocenters. The van der Waals surface area contributed by atoms with Crippen molar-refractivity contribution in [2.45, 2.75) is 18.7 Å². The molecule has 26 heavy (non-hydrogen) atoms. The van der Waals surface area contributed by atoms with Crippen LogP contribution in [-0.4, -0.2) is 22.4 Å². The molecule has 2 atom stereocenters. The van der Waals surface area contributed by atoms with Gasteiger partial charge in [-0.15, -0.1) is 0 Å².